The summed E-state index contributed by atoms with van der Waals surface area (Å²) in [5.74, 6) is -2.47. The Balaban J connectivity index is 1.56. The molecule has 0 saturated heterocycles. The third-order valence-corrected chi connectivity index (χ3v) is 5.87. The Bertz CT molecular complexity index is 1300. The zero-order chi connectivity index (χ0) is 24.4. The minimum atomic E-state index is -1.08. The molecular formula is C26H22ClN3O4. The number of amides is 3. The van der Waals surface area contributed by atoms with Crippen LogP contribution in [0.2, 0.25) is 5.02 Å². The van der Waals surface area contributed by atoms with Crippen molar-refractivity contribution in [3.8, 4) is 0 Å². The van der Waals surface area contributed by atoms with Crippen molar-refractivity contribution in [2.24, 2.45) is 0 Å². The highest BCUT2D eigenvalue weighted by molar-refractivity contribution is 6.30. The van der Waals surface area contributed by atoms with Crippen LogP contribution in [0.15, 0.2) is 66.7 Å². The molecule has 0 aliphatic carbocycles. The van der Waals surface area contributed by atoms with Gasteiger partial charge in [-0.15, -0.1) is 0 Å². The Morgan fingerprint density at radius 3 is 2.32 bits per heavy atom. The van der Waals surface area contributed by atoms with Crippen molar-refractivity contribution >= 4 is 52.2 Å². The quantitative estimate of drug-likeness (QED) is 0.392. The van der Waals surface area contributed by atoms with E-state index >= 15 is 0 Å². The van der Waals surface area contributed by atoms with Gasteiger partial charge in [-0.05, 0) is 80.1 Å². The number of hydrogen-bond acceptors (Lipinski definition) is 4. The van der Waals surface area contributed by atoms with Gasteiger partial charge in [0.2, 0.25) is 11.8 Å². The van der Waals surface area contributed by atoms with Crippen LogP contribution in [0.4, 0.5) is 17.1 Å². The Kier molecular flexibility index (Phi) is 6.47. The van der Waals surface area contributed by atoms with Crippen molar-refractivity contribution in [3.63, 3.8) is 0 Å². The van der Waals surface area contributed by atoms with Crippen LogP contribution in [0.5, 0.6) is 0 Å². The Labute approximate surface area is 201 Å². The van der Waals surface area contributed by atoms with E-state index in [9.17, 15) is 19.2 Å². The van der Waals surface area contributed by atoms with E-state index in [1.54, 1.807) is 60.7 Å². The molecule has 1 unspecified atom stereocenters. The summed E-state index contributed by atoms with van der Waals surface area (Å²) in [6.45, 7) is 3.66. The van der Waals surface area contributed by atoms with Gasteiger partial charge in [-0.25, -0.2) is 0 Å². The lowest BCUT2D eigenvalue weighted by Gasteiger charge is -2.15. The van der Waals surface area contributed by atoms with Gasteiger partial charge in [0.05, 0.1) is 0 Å². The normalized spacial score (nSPS) is 14.5. The standard InChI is InChI=1S/C26H22ClN3O4/c1-3-30-22-12-7-16(15(2)31)14-21(22)23(26(30)34)25(33)29-20-6-4-5-17(13-20)24(32)28-19-10-8-18(27)9-11-19/h4-14,23H,3H2,1-2H3,(H,28,32)(H,29,33). The molecule has 0 radical (unpaired) electrons. The topological polar surface area (TPSA) is 95.6 Å². The molecule has 0 spiro atoms. The molecule has 1 heterocycles. The van der Waals surface area contributed by atoms with Gasteiger partial charge in [0.1, 0.15) is 5.92 Å². The van der Waals surface area contributed by atoms with E-state index in [1.807, 2.05) is 6.92 Å². The predicted molar refractivity (Wildman–Crippen MR) is 132 cm³/mol. The van der Waals surface area contributed by atoms with Crippen LogP contribution >= 0.6 is 11.6 Å². The van der Waals surface area contributed by atoms with Gasteiger partial charge in [0.15, 0.2) is 5.78 Å². The number of carbonyl (C=O) groups is 4. The van der Waals surface area contributed by atoms with E-state index in [2.05, 4.69) is 10.6 Å². The van der Waals surface area contributed by atoms with E-state index < -0.39 is 11.8 Å². The van der Waals surface area contributed by atoms with Gasteiger partial charge in [0, 0.05) is 39.8 Å². The van der Waals surface area contributed by atoms with Crippen molar-refractivity contribution < 1.29 is 19.2 Å². The molecule has 2 N–H and O–H groups in total. The average molecular weight is 476 g/mol. The maximum atomic E-state index is 13.2. The molecule has 0 saturated carbocycles. The van der Waals surface area contributed by atoms with Crippen molar-refractivity contribution in [2.75, 3.05) is 22.1 Å². The fourth-order valence-corrected chi connectivity index (χ4v) is 4.05. The number of ketones is 1. The second kappa shape index (κ2) is 9.49. The second-order valence-corrected chi connectivity index (χ2v) is 8.31. The summed E-state index contributed by atoms with van der Waals surface area (Å²) < 4.78 is 0. The fourth-order valence-electron chi connectivity index (χ4n) is 3.93. The van der Waals surface area contributed by atoms with E-state index in [0.717, 1.165) is 0 Å². The molecule has 7 nitrogen and oxygen atoms in total. The minimum Gasteiger partial charge on any atom is -0.325 e. The van der Waals surface area contributed by atoms with Crippen LogP contribution in [0, 0.1) is 0 Å². The molecule has 0 bridgehead atoms. The van der Waals surface area contributed by atoms with E-state index in [-0.39, 0.29) is 17.6 Å². The SMILES string of the molecule is CCN1C(=O)C(C(=O)Nc2cccc(C(=O)Nc3ccc(Cl)cc3)c2)c2cc(C(C)=O)ccc21. The van der Waals surface area contributed by atoms with E-state index in [0.29, 0.717) is 45.3 Å². The van der Waals surface area contributed by atoms with Gasteiger partial charge < -0.3 is 15.5 Å². The molecular weight excluding hydrogens is 454 g/mol. The molecule has 172 valence electrons. The van der Waals surface area contributed by atoms with Crippen molar-refractivity contribution in [1.82, 2.24) is 0 Å². The first-order chi connectivity index (χ1) is 16.3. The van der Waals surface area contributed by atoms with Gasteiger partial charge in [-0.2, -0.15) is 0 Å². The van der Waals surface area contributed by atoms with Gasteiger partial charge in [0.25, 0.3) is 5.91 Å². The molecule has 1 atom stereocenters. The number of halogens is 1. The minimum absolute atomic E-state index is 0.149. The summed E-state index contributed by atoms with van der Waals surface area (Å²) in [7, 11) is 0. The largest absolute Gasteiger partial charge is 0.325 e. The lowest BCUT2D eigenvalue weighted by atomic mass is 9.96. The Hall–Kier alpha value is -3.97. The molecule has 34 heavy (non-hydrogen) atoms. The first kappa shape index (κ1) is 23.2. The highest BCUT2D eigenvalue weighted by Gasteiger charge is 2.41. The number of carbonyl (C=O) groups excluding carboxylic acids is 4. The third-order valence-electron chi connectivity index (χ3n) is 5.62. The van der Waals surface area contributed by atoms with Crippen molar-refractivity contribution in [1.29, 1.82) is 0 Å². The zero-order valence-corrected chi connectivity index (χ0v) is 19.3. The van der Waals surface area contributed by atoms with Crippen LogP contribution in [-0.2, 0) is 9.59 Å². The number of nitrogens with zero attached hydrogens (tertiary/aromatic N) is 1. The van der Waals surface area contributed by atoms with Crippen LogP contribution < -0.4 is 15.5 Å². The van der Waals surface area contributed by atoms with Crippen molar-refractivity contribution in [3.05, 3.63) is 88.4 Å². The number of hydrogen-bond donors (Lipinski definition) is 2. The summed E-state index contributed by atoms with van der Waals surface area (Å²) in [4.78, 5) is 52.2. The molecule has 1 aliphatic heterocycles. The lowest BCUT2D eigenvalue weighted by Crippen LogP contribution is -2.33. The molecule has 3 amide bonds. The second-order valence-electron chi connectivity index (χ2n) is 7.88. The first-order valence-electron chi connectivity index (χ1n) is 10.7. The first-order valence-corrected chi connectivity index (χ1v) is 11.1. The number of fused-ring (bicyclic) bond motifs is 1. The number of rotatable bonds is 6. The number of anilines is 3. The van der Waals surface area contributed by atoms with Crippen LogP contribution in [-0.4, -0.2) is 30.0 Å². The highest BCUT2D eigenvalue weighted by Crippen LogP contribution is 2.38. The van der Waals surface area contributed by atoms with Crippen LogP contribution in [0.25, 0.3) is 0 Å². The molecule has 3 aromatic carbocycles. The predicted octanol–water partition coefficient (Wildman–Crippen LogP) is 4.88. The third kappa shape index (κ3) is 4.56. The highest BCUT2D eigenvalue weighted by atomic mass is 35.5. The lowest BCUT2D eigenvalue weighted by molar-refractivity contribution is -0.126. The molecule has 3 aromatic rings. The van der Waals surface area contributed by atoms with E-state index in [1.165, 1.54) is 17.9 Å². The van der Waals surface area contributed by atoms with Gasteiger partial charge in [-0.3, -0.25) is 19.2 Å². The number of likely N-dealkylation sites (N-methyl/N-ethyl adjacent to an activating group) is 1. The number of benzene rings is 3. The number of nitrogens with one attached hydrogen (secondary N) is 2. The maximum absolute atomic E-state index is 13.2. The van der Waals surface area contributed by atoms with Crippen molar-refractivity contribution in [2.45, 2.75) is 19.8 Å². The molecule has 0 fully saturated rings. The summed E-state index contributed by atoms with van der Waals surface area (Å²) in [6.07, 6.45) is 0. The van der Waals surface area contributed by atoms with Crippen LogP contribution in [0.1, 0.15) is 46.0 Å². The molecule has 1 aliphatic rings. The Morgan fingerprint density at radius 2 is 1.65 bits per heavy atom. The monoisotopic (exact) mass is 475 g/mol. The average Bonchev–Trinajstić information content (AvgIpc) is 3.10. The Morgan fingerprint density at radius 1 is 0.912 bits per heavy atom. The fraction of sp³-hybridized carbons (Fsp3) is 0.154. The maximum Gasteiger partial charge on any atom is 0.255 e. The summed E-state index contributed by atoms with van der Waals surface area (Å²) >= 11 is 5.88. The zero-order valence-electron chi connectivity index (χ0n) is 18.6. The molecule has 8 heteroatoms. The van der Waals surface area contributed by atoms with Gasteiger partial charge in [-0.1, -0.05) is 17.7 Å². The number of Topliss-reactive ketones (excluding diaryl/α,β-unsaturated/α-hetero) is 1. The summed E-state index contributed by atoms with van der Waals surface area (Å²) in [6, 6.07) is 18.1. The summed E-state index contributed by atoms with van der Waals surface area (Å²) in [5, 5.41) is 6.07. The molecule has 4 rings (SSSR count). The summed E-state index contributed by atoms with van der Waals surface area (Å²) in [5.41, 5.74) is 2.84. The smallest absolute Gasteiger partial charge is 0.255 e. The van der Waals surface area contributed by atoms with E-state index in [4.69, 9.17) is 11.6 Å². The van der Waals surface area contributed by atoms with Crippen LogP contribution in [0.3, 0.4) is 0 Å². The van der Waals surface area contributed by atoms with Gasteiger partial charge >= 0.3 is 0 Å². The molecule has 0 aromatic heterocycles.